The van der Waals surface area contributed by atoms with E-state index >= 15 is 0 Å². The third-order valence-corrected chi connectivity index (χ3v) is 4.71. The molecule has 0 spiro atoms. The van der Waals surface area contributed by atoms with Crippen molar-refractivity contribution in [1.29, 1.82) is 0 Å². The number of allylic oxidation sites excluding steroid dienone is 5. The summed E-state index contributed by atoms with van der Waals surface area (Å²) < 4.78 is 5.57. The fraction of sp³-hybridized carbons (Fsp3) is 0.400. The summed E-state index contributed by atoms with van der Waals surface area (Å²) in [7, 11) is 0. The van der Waals surface area contributed by atoms with Crippen molar-refractivity contribution in [3.63, 3.8) is 0 Å². The summed E-state index contributed by atoms with van der Waals surface area (Å²) in [5, 5.41) is 3.47. The normalized spacial score (nSPS) is 19.1. The molecule has 1 aliphatic heterocycles. The third-order valence-electron chi connectivity index (χ3n) is 4.71. The topological polar surface area (TPSA) is 41.6 Å². The van der Waals surface area contributed by atoms with Gasteiger partial charge in [-0.05, 0) is 31.9 Å². The van der Waals surface area contributed by atoms with Gasteiger partial charge in [0.15, 0.2) is 0 Å². The van der Waals surface area contributed by atoms with E-state index in [0.717, 1.165) is 11.1 Å². The minimum Gasteiger partial charge on any atom is -0.443 e. The van der Waals surface area contributed by atoms with Crippen LogP contribution in [0.15, 0.2) is 78.9 Å². The molecule has 2 rings (SSSR count). The summed E-state index contributed by atoms with van der Waals surface area (Å²) >= 11 is 0. The number of benzene rings is 1. The van der Waals surface area contributed by atoms with E-state index in [1.807, 2.05) is 82.3 Å². The van der Waals surface area contributed by atoms with Gasteiger partial charge >= 0.3 is 6.09 Å². The molecule has 1 aromatic rings. The van der Waals surface area contributed by atoms with Crippen LogP contribution in [0.5, 0.6) is 0 Å². The lowest BCUT2D eigenvalue weighted by molar-refractivity contribution is 0.127. The first-order valence-corrected chi connectivity index (χ1v) is 10.4. The highest BCUT2D eigenvalue weighted by molar-refractivity contribution is 5.70. The van der Waals surface area contributed by atoms with Gasteiger partial charge in [0.05, 0.1) is 12.6 Å². The fourth-order valence-corrected chi connectivity index (χ4v) is 3.03. The highest BCUT2D eigenvalue weighted by Crippen LogP contribution is 2.25. The highest BCUT2D eigenvalue weighted by atomic mass is 16.6. The van der Waals surface area contributed by atoms with E-state index in [0.29, 0.717) is 13.1 Å². The third kappa shape index (κ3) is 7.74. The van der Waals surface area contributed by atoms with Crippen molar-refractivity contribution in [2.45, 2.75) is 52.8 Å². The zero-order valence-electron chi connectivity index (χ0n) is 18.5. The molecule has 1 saturated heterocycles. The Labute approximate surface area is 176 Å². The smallest absolute Gasteiger partial charge is 0.410 e. The molecular formula is C25H36N2O2. The van der Waals surface area contributed by atoms with E-state index in [1.165, 1.54) is 0 Å². The van der Waals surface area contributed by atoms with Crippen molar-refractivity contribution >= 4 is 6.09 Å². The molecule has 1 amide bonds. The molecule has 1 heterocycles. The van der Waals surface area contributed by atoms with E-state index in [-0.39, 0.29) is 24.3 Å². The van der Waals surface area contributed by atoms with Gasteiger partial charge in [0.2, 0.25) is 0 Å². The molecule has 0 aliphatic carbocycles. The van der Waals surface area contributed by atoms with Gasteiger partial charge in [-0.2, -0.15) is 0 Å². The van der Waals surface area contributed by atoms with Crippen molar-refractivity contribution in [2.75, 3.05) is 13.1 Å². The summed E-state index contributed by atoms with van der Waals surface area (Å²) in [6.07, 6.45) is 11.4. The zero-order valence-corrected chi connectivity index (χ0v) is 18.5. The first kappa shape index (κ1) is 24.4. The second-order valence-corrected chi connectivity index (χ2v) is 6.66. The van der Waals surface area contributed by atoms with Crippen LogP contribution in [0.3, 0.4) is 0 Å². The quantitative estimate of drug-likeness (QED) is 0.535. The summed E-state index contributed by atoms with van der Waals surface area (Å²) in [6, 6.07) is 10.2. The number of nitrogens with one attached hydrogen (secondary N) is 1. The number of cyclic esters (lactones) is 1. The summed E-state index contributed by atoms with van der Waals surface area (Å²) in [6.45, 7) is 15.0. The molecule has 0 aromatic heterocycles. The molecule has 158 valence electrons. The molecule has 1 aliphatic rings. The van der Waals surface area contributed by atoms with Gasteiger partial charge in [-0.1, -0.05) is 87.2 Å². The number of rotatable bonds is 9. The first-order chi connectivity index (χ1) is 14.1. The summed E-state index contributed by atoms with van der Waals surface area (Å²) in [5.41, 5.74) is 2.26. The Morgan fingerprint density at radius 2 is 1.97 bits per heavy atom. The highest BCUT2D eigenvalue weighted by Gasteiger charge is 2.34. The van der Waals surface area contributed by atoms with Crippen LogP contribution in [0.25, 0.3) is 0 Å². The zero-order chi connectivity index (χ0) is 21.6. The van der Waals surface area contributed by atoms with Crippen LogP contribution in [0.4, 0.5) is 4.79 Å². The second kappa shape index (κ2) is 13.6. The maximum absolute atomic E-state index is 12.3. The van der Waals surface area contributed by atoms with Gasteiger partial charge in [0.1, 0.15) is 6.10 Å². The molecule has 29 heavy (non-hydrogen) atoms. The van der Waals surface area contributed by atoms with Crippen LogP contribution in [0, 0.1) is 0 Å². The largest absolute Gasteiger partial charge is 0.443 e. The number of carbonyl (C=O) groups is 1. The molecule has 0 radical (unpaired) electrons. The van der Waals surface area contributed by atoms with Crippen LogP contribution < -0.4 is 5.32 Å². The number of nitrogens with zero attached hydrogens (tertiary/aromatic N) is 1. The minimum atomic E-state index is -0.248. The lowest BCUT2D eigenvalue weighted by atomic mass is 10.1. The van der Waals surface area contributed by atoms with Gasteiger partial charge in [-0.25, -0.2) is 4.79 Å². The molecule has 1 fully saturated rings. The summed E-state index contributed by atoms with van der Waals surface area (Å²) in [5.74, 6) is 0. The molecule has 4 heteroatoms. The predicted molar refractivity (Wildman–Crippen MR) is 123 cm³/mol. The Hall–Kier alpha value is -2.59. The molecule has 3 atom stereocenters. The maximum atomic E-state index is 12.3. The van der Waals surface area contributed by atoms with Crippen molar-refractivity contribution in [3.8, 4) is 0 Å². The average Bonchev–Trinajstić information content (AvgIpc) is 3.14. The number of hydrogen-bond acceptors (Lipinski definition) is 3. The second-order valence-electron chi connectivity index (χ2n) is 6.66. The van der Waals surface area contributed by atoms with Crippen LogP contribution in [-0.2, 0) is 4.74 Å². The van der Waals surface area contributed by atoms with Crippen molar-refractivity contribution in [2.24, 2.45) is 0 Å². The Kier molecular flexibility index (Phi) is 11.4. The van der Waals surface area contributed by atoms with Gasteiger partial charge in [0.25, 0.3) is 0 Å². The Bertz CT molecular complexity index is 707. The lowest BCUT2D eigenvalue weighted by Crippen LogP contribution is -2.37. The van der Waals surface area contributed by atoms with Gasteiger partial charge in [0, 0.05) is 12.6 Å². The van der Waals surface area contributed by atoms with Crippen molar-refractivity contribution in [1.82, 2.24) is 10.2 Å². The van der Waals surface area contributed by atoms with E-state index in [4.69, 9.17) is 4.74 Å². The van der Waals surface area contributed by atoms with Crippen LogP contribution in [0.2, 0.25) is 0 Å². The van der Waals surface area contributed by atoms with Crippen molar-refractivity contribution < 1.29 is 9.53 Å². The Morgan fingerprint density at radius 1 is 1.28 bits per heavy atom. The lowest BCUT2D eigenvalue weighted by Gasteiger charge is -2.22. The fourth-order valence-electron chi connectivity index (χ4n) is 3.03. The van der Waals surface area contributed by atoms with E-state index < -0.39 is 0 Å². The average molecular weight is 397 g/mol. The van der Waals surface area contributed by atoms with E-state index in [9.17, 15) is 4.79 Å². The van der Waals surface area contributed by atoms with Gasteiger partial charge in [-0.3, -0.25) is 4.90 Å². The SMILES string of the molecule is C=C\C=C/C(=C\C=C/C)C(C)NCC1CN(C(C)c2ccccc2)C(=O)O1.CC. The maximum Gasteiger partial charge on any atom is 0.410 e. The number of amides is 1. The molecule has 1 aromatic carbocycles. The van der Waals surface area contributed by atoms with Gasteiger partial charge in [-0.15, -0.1) is 0 Å². The number of hydrogen-bond donors (Lipinski definition) is 1. The number of carbonyl (C=O) groups excluding carboxylic acids is 1. The predicted octanol–water partition coefficient (Wildman–Crippen LogP) is 5.82. The molecular weight excluding hydrogens is 360 g/mol. The van der Waals surface area contributed by atoms with E-state index in [1.54, 1.807) is 11.0 Å². The van der Waals surface area contributed by atoms with Gasteiger partial charge < -0.3 is 10.1 Å². The van der Waals surface area contributed by atoms with E-state index in [2.05, 4.69) is 24.9 Å². The first-order valence-electron chi connectivity index (χ1n) is 10.4. The standard InChI is InChI=1S/C23H30N2O2.C2H6/c1-5-7-12-20(13-8-6-2)18(3)24-16-22-17-25(23(26)27-22)19(4)21-14-10-9-11-15-21;1-2/h5-15,18-19,22,24H,1,16-17H2,2-4H3;1-2H3/b8-6-,12-7-,20-13+;. The Balaban J connectivity index is 0.00000204. The van der Waals surface area contributed by atoms with Crippen LogP contribution >= 0.6 is 0 Å². The molecule has 3 unspecified atom stereocenters. The van der Waals surface area contributed by atoms with Crippen molar-refractivity contribution in [3.05, 3.63) is 84.5 Å². The molecule has 4 nitrogen and oxygen atoms in total. The van der Waals surface area contributed by atoms with Crippen LogP contribution in [0.1, 0.15) is 46.2 Å². The minimum absolute atomic E-state index is 0.00166. The summed E-state index contributed by atoms with van der Waals surface area (Å²) in [4.78, 5) is 14.1. The Morgan fingerprint density at radius 3 is 2.59 bits per heavy atom. The number of ether oxygens (including phenoxy) is 1. The monoisotopic (exact) mass is 396 g/mol. The molecule has 0 bridgehead atoms. The molecule has 0 saturated carbocycles. The van der Waals surface area contributed by atoms with Crippen LogP contribution in [-0.4, -0.2) is 36.2 Å². The molecule has 1 N–H and O–H groups in total.